The molecule has 0 amide bonds. The standard InChI is InChI=1S/C2H10N2O6P2.Na.H/c5-11(6,7)3-1-2-4-12(8,9)10;;/h1-2H2,(H3,3,5,6,7)(H3,4,8,9,10);;/q;+1;-1. The van der Waals surface area contributed by atoms with Crippen molar-refractivity contribution < 1.29 is 59.7 Å². The molecule has 0 fully saturated rings. The van der Waals surface area contributed by atoms with Gasteiger partial charge in [-0.05, 0) is 0 Å². The average Bonchev–Trinajstić information content (AvgIpc) is 1.76. The summed E-state index contributed by atoms with van der Waals surface area (Å²) < 4.78 is 20.2. The molecule has 0 aliphatic carbocycles. The molecule has 0 rings (SSSR count). The summed E-state index contributed by atoms with van der Waals surface area (Å²) in [6.45, 7) is -0.454. The van der Waals surface area contributed by atoms with Gasteiger partial charge < -0.3 is 21.0 Å². The van der Waals surface area contributed by atoms with Crippen LogP contribution in [0.25, 0.3) is 0 Å². The maximum absolute atomic E-state index is 10.1. The SMILES string of the molecule is O=P(O)(O)NCCNP(=O)(O)O.[H-].[Na+]. The van der Waals surface area contributed by atoms with E-state index in [1.165, 1.54) is 0 Å². The minimum Gasteiger partial charge on any atom is -1.00 e. The van der Waals surface area contributed by atoms with Crippen molar-refractivity contribution >= 4 is 15.5 Å². The summed E-state index contributed by atoms with van der Waals surface area (Å²) in [4.78, 5) is 32.9. The van der Waals surface area contributed by atoms with Gasteiger partial charge in [0.2, 0.25) is 0 Å². The number of nitrogens with one attached hydrogen (secondary N) is 2. The van der Waals surface area contributed by atoms with E-state index >= 15 is 0 Å². The Labute approximate surface area is 98.3 Å². The third-order valence-corrected chi connectivity index (χ3v) is 2.03. The molecule has 8 nitrogen and oxygen atoms in total. The molecule has 0 spiro atoms. The van der Waals surface area contributed by atoms with Gasteiger partial charge in [-0.1, -0.05) is 0 Å². The van der Waals surface area contributed by atoms with Crippen molar-refractivity contribution in [2.45, 2.75) is 0 Å². The van der Waals surface area contributed by atoms with Crippen LogP contribution in [0, 0.1) is 0 Å². The van der Waals surface area contributed by atoms with E-state index in [9.17, 15) is 9.13 Å². The van der Waals surface area contributed by atoms with Gasteiger partial charge in [0.25, 0.3) is 0 Å². The van der Waals surface area contributed by atoms with Crippen molar-refractivity contribution in [2.75, 3.05) is 13.1 Å². The summed E-state index contributed by atoms with van der Waals surface area (Å²) in [5.41, 5.74) is 0. The van der Waals surface area contributed by atoms with E-state index in [1.54, 1.807) is 10.2 Å². The first-order chi connectivity index (χ1) is 5.21. The van der Waals surface area contributed by atoms with Crippen LogP contribution >= 0.6 is 15.5 Å². The van der Waals surface area contributed by atoms with Gasteiger partial charge in [0.15, 0.2) is 0 Å². The predicted molar refractivity (Wildman–Crippen MR) is 41.2 cm³/mol. The first-order valence-electron chi connectivity index (χ1n) is 2.82. The van der Waals surface area contributed by atoms with Crippen LogP contribution in [-0.4, -0.2) is 32.7 Å². The Bertz CT molecular complexity index is 204. The molecular formula is C2H11N2NaO6P2. The Balaban J connectivity index is -0.000000605. The summed E-state index contributed by atoms with van der Waals surface area (Å²) in [6.07, 6.45) is 0. The second-order valence-corrected chi connectivity index (χ2v) is 4.71. The van der Waals surface area contributed by atoms with E-state index in [4.69, 9.17) is 19.6 Å². The second-order valence-electron chi connectivity index (χ2n) is 1.90. The van der Waals surface area contributed by atoms with Crippen LogP contribution in [0.3, 0.4) is 0 Å². The normalized spacial score (nSPS) is 12.3. The van der Waals surface area contributed by atoms with Crippen molar-refractivity contribution in [3.05, 3.63) is 0 Å². The van der Waals surface area contributed by atoms with Crippen LogP contribution in [0.4, 0.5) is 0 Å². The molecule has 0 unspecified atom stereocenters. The summed E-state index contributed by atoms with van der Waals surface area (Å²) in [6, 6.07) is 0. The fourth-order valence-electron chi connectivity index (χ4n) is 0.403. The summed E-state index contributed by atoms with van der Waals surface area (Å²) >= 11 is 0. The van der Waals surface area contributed by atoms with E-state index in [2.05, 4.69) is 0 Å². The van der Waals surface area contributed by atoms with Crippen LogP contribution in [0.5, 0.6) is 0 Å². The van der Waals surface area contributed by atoms with Crippen molar-refractivity contribution in [2.24, 2.45) is 0 Å². The van der Waals surface area contributed by atoms with Crippen molar-refractivity contribution in [3.8, 4) is 0 Å². The van der Waals surface area contributed by atoms with E-state index in [1.807, 2.05) is 0 Å². The van der Waals surface area contributed by atoms with E-state index in [-0.39, 0.29) is 44.1 Å². The van der Waals surface area contributed by atoms with Gasteiger partial charge in [0.1, 0.15) is 0 Å². The fraction of sp³-hybridized carbons (Fsp3) is 1.00. The molecule has 0 atom stereocenters. The zero-order valence-corrected chi connectivity index (χ0v) is 10.7. The van der Waals surface area contributed by atoms with Crippen LogP contribution < -0.4 is 39.7 Å². The maximum atomic E-state index is 10.1. The molecule has 11 heteroatoms. The number of hydrogen-bond donors (Lipinski definition) is 6. The molecule has 0 heterocycles. The molecule has 0 aliphatic heterocycles. The Morgan fingerprint density at radius 3 is 1.31 bits per heavy atom. The second kappa shape index (κ2) is 6.66. The van der Waals surface area contributed by atoms with Crippen LogP contribution in [0.2, 0.25) is 0 Å². The summed E-state index contributed by atoms with van der Waals surface area (Å²) in [5.74, 6) is 0. The zero-order chi connectivity index (χ0) is 9.83. The van der Waals surface area contributed by atoms with Crippen molar-refractivity contribution in [1.82, 2.24) is 10.2 Å². The van der Waals surface area contributed by atoms with E-state index in [0.717, 1.165) is 0 Å². The Morgan fingerprint density at radius 1 is 0.923 bits per heavy atom. The van der Waals surface area contributed by atoms with Gasteiger partial charge in [0, 0.05) is 13.1 Å². The monoisotopic (exact) mass is 244 g/mol. The summed E-state index contributed by atoms with van der Waals surface area (Å²) in [7, 11) is -8.58. The topological polar surface area (TPSA) is 139 Å². The van der Waals surface area contributed by atoms with Gasteiger partial charge >= 0.3 is 45.1 Å². The van der Waals surface area contributed by atoms with Crippen molar-refractivity contribution in [3.63, 3.8) is 0 Å². The molecule has 76 valence electrons. The molecule has 0 aromatic heterocycles. The first kappa shape index (κ1) is 16.6. The fourth-order valence-corrected chi connectivity index (χ4v) is 1.21. The van der Waals surface area contributed by atoms with Gasteiger partial charge in [-0.15, -0.1) is 0 Å². The first-order valence-corrected chi connectivity index (χ1v) is 6.04. The molecule has 0 aromatic rings. The minimum atomic E-state index is -4.29. The molecule has 0 aliphatic rings. The molecule has 0 saturated heterocycles. The smallest absolute Gasteiger partial charge is 1.00 e. The largest absolute Gasteiger partial charge is 1.00 e. The van der Waals surface area contributed by atoms with E-state index in [0.29, 0.717) is 0 Å². The van der Waals surface area contributed by atoms with Crippen molar-refractivity contribution in [1.29, 1.82) is 0 Å². The molecule has 0 saturated carbocycles. The Kier molecular flexibility index (Phi) is 8.52. The minimum absolute atomic E-state index is 0. The third-order valence-electron chi connectivity index (χ3n) is 0.761. The Hall–Kier alpha value is 1.22. The average molecular weight is 244 g/mol. The predicted octanol–water partition coefficient (Wildman–Crippen LogP) is -4.53. The maximum Gasteiger partial charge on any atom is 1.00 e. The van der Waals surface area contributed by atoms with Crippen LogP contribution in [0.15, 0.2) is 0 Å². The molecule has 13 heavy (non-hydrogen) atoms. The molecule has 0 bridgehead atoms. The van der Waals surface area contributed by atoms with Crippen LogP contribution in [-0.2, 0) is 9.13 Å². The molecule has 0 radical (unpaired) electrons. The van der Waals surface area contributed by atoms with Gasteiger partial charge in [-0.25, -0.2) is 19.3 Å². The molecule has 0 aromatic carbocycles. The summed E-state index contributed by atoms with van der Waals surface area (Å²) in [5, 5.41) is 3.51. The Morgan fingerprint density at radius 2 is 1.15 bits per heavy atom. The number of rotatable bonds is 5. The van der Waals surface area contributed by atoms with Gasteiger partial charge in [-0.2, -0.15) is 0 Å². The quantitative estimate of drug-likeness (QED) is 0.161. The number of hydrogen-bond acceptors (Lipinski definition) is 2. The molecular weight excluding hydrogens is 233 g/mol. The van der Waals surface area contributed by atoms with Gasteiger partial charge in [0.05, 0.1) is 0 Å². The van der Waals surface area contributed by atoms with Crippen LogP contribution in [0.1, 0.15) is 1.43 Å². The molecule has 6 N–H and O–H groups in total. The van der Waals surface area contributed by atoms with E-state index < -0.39 is 15.5 Å². The third kappa shape index (κ3) is 15.9. The zero-order valence-electron chi connectivity index (χ0n) is 7.91. The van der Waals surface area contributed by atoms with Gasteiger partial charge in [-0.3, -0.25) is 0 Å².